The van der Waals surface area contributed by atoms with Crippen LogP contribution in [0.3, 0.4) is 0 Å². The van der Waals surface area contributed by atoms with Gasteiger partial charge in [-0.15, -0.1) is 0 Å². The molecule has 90 valence electrons. The van der Waals surface area contributed by atoms with E-state index in [1.807, 2.05) is 0 Å². The number of nitrogens with two attached hydrogens (primary N) is 1. The molecule has 1 aliphatic carbocycles. The third-order valence-corrected chi connectivity index (χ3v) is 3.92. The van der Waals surface area contributed by atoms with Crippen LogP contribution >= 0.6 is 0 Å². The van der Waals surface area contributed by atoms with Gasteiger partial charge in [-0.2, -0.15) is 0 Å². The third-order valence-electron chi connectivity index (χ3n) is 3.92. The highest BCUT2D eigenvalue weighted by molar-refractivity contribution is 4.85. The molecule has 1 fully saturated rings. The van der Waals surface area contributed by atoms with E-state index in [-0.39, 0.29) is 0 Å². The Hall–Kier alpha value is -0.0400. The van der Waals surface area contributed by atoms with Gasteiger partial charge in [0.15, 0.2) is 0 Å². The van der Waals surface area contributed by atoms with E-state index in [0.29, 0.717) is 11.5 Å². The quantitative estimate of drug-likeness (QED) is 0.738. The van der Waals surface area contributed by atoms with Crippen LogP contribution in [0.1, 0.15) is 60.3 Å². The maximum absolute atomic E-state index is 6.39. The molecule has 0 aromatic rings. The van der Waals surface area contributed by atoms with Crippen molar-refractivity contribution in [3.05, 3.63) is 0 Å². The van der Waals surface area contributed by atoms with Gasteiger partial charge in [0.2, 0.25) is 0 Å². The van der Waals surface area contributed by atoms with Gasteiger partial charge in [-0.05, 0) is 36.0 Å². The molecule has 1 saturated carbocycles. The van der Waals surface area contributed by atoms with E-state index in [2.05, 4.69) is 34.6 Å². The Morgan fingerprint density at radius 3 is 2.33 bits per heavy atom. The van der Waals surface area contributed by atoms with Gasteiger partial charge in [0.1, 0.15) is 0 Å². The van der Waals surface area contributed by atoms with Gasteiger partial charge in [0, 0.05) is 6.04 Å². The lowest BCUT2D eigenvalue weighted by molar-refractivity contribution is 0.149. The average Bonchev–Trinajstić information content (AvgIpc) is 2.06. The van der Waals surface area contributed by atoms with Crippen LogP contribution in [0.25, 0.3) is 0 Å². The minimum Gasteiger partial charge on any atom is -0.327 e. The predicted octanol–water partition coefficient (Wildman–Crippen LogP) is 3.82. The molecular formula is C14H29N. The summed E-state index contributed by atoms with van der Waals surface area (Å²) in [4.78, 5) is 0. The normalized spacial score (nSPS) is 35.2. The fraction of sp³-hybridized carbons (Fsp3) is 1.00. The Kier molecular flexibility index (Phi) is 4.22. The monoisotopic (exact) mass is 211 g/mol. The van der Waals surface area contributed by atoms with Crippen molar-refractivity contribution in [1.29, 1.82) is 0 Å². The molecular weight excluding hydrogens is 182 g/mol. The van der Waals surface area contributed by atoms with Crippen molar-refractivity contribution in [2.45, 2.75) is 66.3 Å². The summed E-state index contributed by atoms with van der Waals surface area (Å²) in [5.74, 6) is 2.48. The Bertz CT molecular complexity index is 192. The summed E-state index contributed by atoms with van der Waals surface area (Å²) in [5.41, 5.74) is 6.76. The van der Waals surface area contributed by atoms with Crippen molar-refractivity contribution in [3.8, 4) is 0 Å². The minimum atomic E-state index is 0.375. The zero-order chi connectivity index (χ0) is 11.6. The van der Waals surface area contributed by atoms with Crippen LogP contribution in [0, 0.1) is 23.2 Å². The highest BCUT2D eigenvalue weighted by Crippen LogP contribution is 2.37. The summed E-state index contributed by atoms with van der Waals surface area (Å²) in [6.07, 6.45) is 5.29. The topological polar surface area (TPSA) is 26.0 Å². The molecule has 15 heavy (non-hydrogen) atoms. The first-order chi connectivity index (χ1) is 6.79. The van der Waals surface area contributed by atoms with Crippen LogP contribution in [0.4, 0.5) is 0 Å². The SMILES string of the molecule is CC1CCC(C)C(C(N)CC(C)(C)C)C1. The zero-order valence-corrected chi connectivity index (χ0v) is 11.2. The molecule has 1 heteroatoms. The van der Waals surface area contributed by atoms with Gasteiger partial charge in [0.25, 0.3) is 0 Å². The van der Waals surface area contributed by atoms with E-state index < -0.39 is 0 Å². The van der Waals surface area contributed by atoms with Gasteiger partial charge < -0.3 is 5.73 Å². The Morgan fingerprint density at radius 2 is 1.80 bits per heavy atom. The van der Waals surface area contributed by atoms with Crippen LogP contribution in [0.5, 0.6) is 0 Å². The first kappa shape index (κ1) is 13.0. The number of rotatable bonds is 2. The molecule has 0 aliphatic heterocycles. The molecule has 0 heterocycles. The fourth-order valence-corrected chi connectivity index (χ4v) is 3.03. The van der Waals surface area contributed by atoms with Crippen molar-refractivity contribution in [2.24, 2.45) is 28.9 Å². The van der Waals surface area contributed by atoms with Gasteiger partial charge in [-0.1, -0.05) is 47.5 Å². The summed E-state index contributed by atoms with van der Waals surface area (Å²) in [5, 5.41) is 0. The highest BCUT2D eigenvalue weighted by Gasteiger charge is 2.31. The molecule has 0 amide bonds. The lowest BCUT2D eigenvalue weighted by Crippen LogP contribution is -2.40. The van der Waals surface area contributed by atoms with Crippen LogP contribution in [-0.2, 0) is 0 Å². The Labute approximate surface area is 95.8 Å². The van der Waals surface area contributed by atoms with E-state index in [0.717, 1.165) is 24.2 Å². The molecule has 0 bridgehead atoms. The number of hydrogen-bond acceptors (Lipinski definition) is 1. The highest BCUT2D eigenvalue weighted by atomic mass is 14.7. The van der Waals surface area contributed by atoms with Crippen LogP contribution in [0.15, 0.2) is 0 Å². The third kappa shape index (κ3) is 4.14. The second kappa shape index (κ2) is 4.86. The molecule has 2 N–H and O–H groups in total. The molecule has 1 aliphatic rings. The van der Waals surface area contributed by atoms with Crippen LogP contribution < -0.4 is 5.73 Å². The molecule has 0 aromatic heterocycles. The lowest BCUT2D eigenvalue weighted by atomic mass is 9.69. The largest absolute Gasteiger partial charge is 0.327 e. The summed E-state index contributed by atoms with van der Waals surface area (Å²) in [6.45, 7) is 11.7. The molecule has 0 radical (unpaired) electrons. The summed E-state index contributed by atoms with van der Waals surface area (Å²) in [7, 11) is 0. The van der Waals surface area contributed by atoms with E-state index >= 15 is 0 Å². The first-order valence-corrected chi connectivity index (χ1v) is 6.55. The van der Waals surface area contributed by atoms with Crippen molar-refractivity contribution < 1.29 is 0 Å². The molecule has 4 unspecified atom stereocenters. The first-order valence-electron chi connectivity index (χ1n) is 6.55. The second-order valence-electron chi connectivity index (χ2n) is 6.99. The molecule has 1 nitrogen and oxygen atoms in total. The second-order valence-corrected chi connectivity index (χ2v) is 6.99. The van der Waals surface area contributed by atoms with Crippen molar-refractivity contribution >= 4 is 0 Å². The predicted molar refractivity (Wildman–Crippen MR) is 67.7 cm³/mol. The average molecular weight is 211 g/mol. The van der Waals surface area contributed by atoms with E-state index in [4.69, 9.17) is 5.73 Å². The molecule has 4 atom stereocenters. The molecule has 0 saturated heterocycles. The zero-order valence-electron chi connectivity index (χ0n) is 11.2. The van der Waals surface area contributed by atoms with E-state index in [9.17, 15) is 0 Å². The van der Waals surface area contributed by atoms with E-state index in [1.54, 1.807) is 0 Å². The Balaban J connectivity index is 2.53. The summed E-state index contributed by atoms with van der Waals surface area (Å²) in [6, 6.07) is 0.405. The lowest BCUT2D eigenvalue weighted by Gasteiger charge is -2.38. The molecule has 0 spiro atoms. The molecule has 1 rings (SSSR count). The van der Waals surface area contributed by atoms with Crippen LogP contribution in [0.2, 0.25) is 0 Å². The molecule has 0 aromatic carbocycles. The summed E-state index contributed by atoms with van der Waals surface area (Å²) >= 11 is 0. The van der Waals surface area contributed by atoms with Crippen molar-refractivity contribution in [1.82, 2.24) is 0 Å². The fourth-order valence-electron chi connectivity index (χ4n) is 3.03. The maximum atomic E-state index is 6.39. The van der Waals surface area contributed by atoms with Gasteiger partial charge >= 0.3 is 0 Å². The maximum Gasteiger partial charge on any atom is 0.00747 e. The standard InChI is InChI=1S/C14H29N/c1-10-6-7-11(2)12(8-10)13(15)9-14(3,4)5/h10-13H,6-9,15H2,1-5H3. The van der Waals surface area contributed by atoms with Crippen molar-refractivity contribution in [2.75, 3.05) is 0 Å². The smallest absolute Gasteiger partial charge is 0.00747 e. The van der Waals surface area contributed by atoms with Crippen LogP contribution in [-0.4, -0.2) is 6.04 Å². The summed E-state index contributed by atoms with van der Waals surface area (Å²) < 4.78 is 0. The van der Waals surface area contributed by atoms with Gasteiger partial charge in [-0.25, -0.2) is 0 Å². The van der Waals surface area contributed by atoms with E-state index in [1.165, 1.54) is 19.3 Å². The van der Waals surface area contributed by atoms with Crippen molar-refractivity contribution in [3.63, 3.8) is 0 Å². The number of hydrogen-bond donors (Lipinski definition) is 1. The Morgan fingerprint density at radius 1 is 1.20 bits per heavy atom. The minimum absolute atomic E-state index is 0.375. The van der Waals surface area contributed by atoms with Gasteiger partial charge in [0.05, 0.1) is 0 Å². The van der Waals surface area contributed by atoms with Gasteiger partial charge in [-0.3, -0.25) is 0 Å².